The maximum atomic E-state index is 13.0. The molecule has 1 aromatic heterocycles. The second-order valence-corrected chi connectivity index (χ2v) is 7.52. The van der Waals surface area contributed by atoms with Gasteiger partial charge in [0.05, 0.1) is 6.54 Å². The molecule has 0 N–H and O–H groups in total. The van der Waals surface area contributed by atoms with E-state index in [9.17, 15) is 14.0 Å². The summed E-state index contributed by atoms with van der Waals surface area (Å²) in [6.07, 6.45) is 4.63. The zero-order chi connectivity index (χ0) is 18.8. The molecule has 3 heterocycles. The van der Waals surface area contributed by atoms with Crippen LogP contribution in [0.3, 0.4) is 0 Å². The number of piperidine rings is 1. The number of halogens is 2. The summed E-state index contributed by atoms with van der Waals surface area (Å²) in [4.78, 5) is 27.2. The maximum absolute atomic E-state index is 13.0. The predicted octanol–water partition coefficient (Wildman–Crippen LogP) is 2.54. The Labute approximate surface area is 169 Å². The number of carbonyl (C=O) groups is 1. The fourth-order valence-corrected chi connectivity index (χ4v) is 4.10. The molecule has 1 fully saturated rings. The van der Waals surface area contributed by atoms with Gasteiger partial charge in [0.1, 0.15) is 11.6 Å². The Balaban J connectivity index is 0.00000225. The van der Waals surface area contributed by atoms with Crippen LogP contribution in [0.5, 0.6) is 0 Å². The van der Waals surface area contributed by atoms with Crippen molar-refractivity contribution in [1.82, 2.24) is 19.2 Å². The van der Waals surface area contributed by atoms with E-state index >= 15 is 0 Å². The highest BCUT2D eigenvalue weighted by Crippen LogP contribution is 2.22. The molecule has 0 aliphatic carbocycles. The number of aryl methyl sites for hydroxylation is 1. The molecule has 2 aromatic rings. The van der Waals surface area contributed by atoms with Crippen molar-refractivity contribution < 1.29 is 9.18 Å². The van der Waals surface area contributed by atoms with Crippen molar-refractivity contribution in [2.24, 2.45) is 5.92 Å². The Bertz CT molecular complexity index is 869. The van der Waals surface area contributed by atoms with E-state index in [0.29, 0.717) is 12.1 Å². The van der Waals surface area contributed by atoms with E-state index in [-0.39, 0.29) is 35.6 Å². The van der Waals surface area contributed by atoms with Gasteiger partial charge in [0.2, 0.25) is 0 Å². The zero-order valence-electron chi connectivity index (χ0n) is 15.8. The fraction of sp³-hybridized carbons (Fsp3) is 0.550. The van der Waals surface area contributed by atoms with Gasteiger partial charge in [-0.2, -0.15) is 5.10 Å². The van der Waals surface area contributed by atoms with Crippen LogP contribution in [-0.2, 0) is 19.5 Å². The SMILES string of the molecule is Cl.O=C(c1ccc(F)cc1)C1CCN(CCn2nc3n(c2=O)CCCC3)CC1. The minimum absolute atomic E-state index is 0. The van der Waals surface area contributed by atoms with Gasteiger partial charge in [-0.15, -0.1) is 12.4 Å². The van der Waals surface area contributed by atoms with Crippen molar-refractivity contribution in [3.05, 3.63) is 52.0 Å². The van der Waals surface area contributed by atoms with E-state index in [0.717, 1.165) is 64.1 Å². The number of carbonyl (C=O) groups excluding carboxylic acids is 1. The van der Waals surface area contributed by atoms with Crippen LogP contribution in [0.2, 0.25) is 0 Å². The van der Waals surface area contributed by atoms with E-state index in [2.05, 4.69) is 10.00 Å². The van der Waals surface area contributed by atoms with Crippen molar-refractivity contribution >= 4 is 18.2 Å². The number of fused-ring (bicyclic) bond motifs is 1. The zero-order valence-corrected chi connectivity index (χ0v) is 16.7. The Hall–Kier alpha value is -1.99. The van der Waals surface area contributed by atoms with Gasteiger partial charge >= 0.3 is 5.69 Å². The summed E-state index contributed by atoms with van der Waals surface area (Å²) in [5.41, 5.74) is 0.594. The number of benzene rings is 1. The molecule has 0 unspecified atom stereocenters. The molecular weight excluding hydrogens is 383 g/mol. The number of nitrogens with zero attached hydrogens (tertiary/aromatic N) is 4. The Morgan fingerprint density at radius 1 is 1.07 bits per heavy atom. The maximum Gasteiger partial charge on any atom is 0.345 e. The molecule has 2 aliphatic heterocycles. The minimum atomic E-state index is -0.322. The molecule has 0 radical (unpaired) electrons. The van der Waals surface area contributed by atoms with Gasteiger partial charge in [-0.1, -0.05) is 0 Å². The molecule has 0 amide bonds. The fourth-order valence-electron chi connectivity index (χ4n) is 4.10. The predicted molar refractivity (Wildman–Crippen MR) is 107 cm³/mol. The average Bonchev–Trinajstić information content (AvgIpc) is 3.03. The second kappa shape index (κ2) is 9.01. The number of likely N-dealkylation sites (tertiary alicyclic amines) is 1. The van der Waals surface area contributed by atoms with Crippen LogP contribution in [0.25, 0.3) is 0 Å². The summed E-state index contributed by atoms with van der Waals surface area (Å²) in [6, 6.07) is 5.81. The average molecular weight is 409 g/mol. The number of Topliss-reactive ketones (excluding diaryl/α,β-unsaturated/α-hetero) is 1. The van der Waals surface area contributed by atoms with E-state index in [4.69, 9.17) is 0 Å². The Morgan fingerprint density at radius 3 is 2.46 bits per heavy atom. The van der Waals surface area contributed by atoms with Crippen molar-refractivity contribution in [2.75, 3.05) is 19.6 Å². The monoisotopic (exact) mass is 408 g/mol. The van der Waals surface area contributed by atoms with Crippen LogP contribution < -0.4 is 5.69 Å². The first-order valence-electron chi connectivity index (χ1n) is 9.80. The van der Waals surface area contributed by atoms with Crippen molar-refractivity contribution in [2.45, 2.75) is 45.2 Å². The quantitative estimate of drug-likeness (QED) is 0.713. The van der Waals surface area contributed by atoms with E-state index in [1.165, 1.54) is 12.1 Å². The molecule has 2 aliphatic rings. The van der Waals surface area contributed by atoms with E-state index in [1.54, 1.807) is 21.4 Å². The van der Waals surface area contributed by atoms with Crippen LogP contribution in [0, 0.1) is 11.7 Å². The van der Waals surface area contributed by atoms with Crippen LogP contribution in [0.4, 0.5) is 4.39 Å². The molecule has 8 heteroatoms. The summed E-state index contributed by atoms with van der Waals surface area (Å²) in [6.45, 7) is 3.81. The molecule has 28 heavy (non-hydrogen) atoms. The highest BCUT2D eigenvalue weighted by molar-refractivity contribution is 5.97. The van der Waals surface area contributed by atoms with Gasteiger partial charge in [0, 0.05) is 31.0 Å². The smallest absolute Gasteiger partial charge is 0.301 e. The third kappa shape index (κ3) is 4.36. The first-order chi connectivity index (χ1) is 13.1. The second-order valence-electron chi connectivity index (χ2n) is 7.52. The van der Waals surface area contributed by atoms with Crippen molar-refractivity contribution in [1.29, 1.82) is 0 Å². The summed E-state index contributed by atoms with van der Waals surface area (Å²) in [5.74, 6) is 0.689. The lowest BCUT2D eigenvalue weighted by Crippen LogP contribution is -2.39. The van der Waals surface area contributed by atoms with Gasteiger partial charge in [-0.05, 0) is 63.0 Å². The number of hydrogen-bond acceptors (Lipinski definition) is 4. The lowest BCUT2D eigenvalue weighted by Gasteiger charge is -2.31. The van der Waals surface area contributed by atoms with Crippen molar-refractivity contribution in [3.63, 3.8) is 0 Å². The molecule has 152 valence electrons. The summed E-state index contributed by atoms with van der Waals surface area (Å²) < 4.78 is 16.4. The molecule has 0 atom stereocenters. The summed E-state index contributed by atoms with van der Waals surface area (Å²) in [7, 11) is 0. The van der Waals surface area contributed by atoms with Gasteiger partial charge in [-0.25, -0.2) is 13.9 Å². The Morgan fingerprint density at radius 2 is 1.79 bits per heavy atom. The van der Waals surface area contributed by atoms with Crippen LogP contribution >= 0.6 is 12.4 Å². The van der Waals surface area contributed by atoms with Crippen LogP contribution in [0.15, 0.2) is 29.1 Å². The lowest BCUT2D eigenvalue weighted by atomic mass is 9.89. The van der Waals surface area contributed by atoms with Gasteiger partial charge in [0.15, 0.2) is 5.78 Å². The highest BCUT2D eigenvalue weighted by atomic mass is 35.5. The first-order valence-corrected chi connectivity index (χ1v) is 9.80. The number of aromatic nitrogens is 3. The third-order valence-corrected chi connectivity index (χ3v) is 5.75. The third-order valence-electron chi connectivity index (χ3n) is 5.75. The topological polar surface area (TPSA) is 60.1 Å². The van der Waals surface area contributed by atoms with Crippen molar-refractivity contribution in [3.8, 4) is 0 Å². The normalized spacial score (nSPS) is 17.8. The summed E-state index contributed by atoms with van der Waals surface area (Å²) in [5, 5.41) is 4.48. The van der Waals surface area contributed by atoms with E-state index in [1.807, 2.05) is 0 Å². The summed E-state index contributed by atoms with van der Waals surface area (Å²) >= 11 is 0. The number of ketones is 1. The van der Waals surface area contributed by atoms with E-state index < -0.39 is 0 Å². The molecule has 4 rings (SSSR count). The number of rotatable bonds is 5. The Kier molecular flexibility index (Phi) is 6.67. The molecule has 0 saturated carbocycles. The molecule has 0 bridgehead atoms. The molecular formula is C20H26ClFN4O2. The minimum Gasteiger partial charge on any atom is -0.301 e. The van der Waals surface area contributed by atoms with Gasteiger partial charge in [0.25, 0.3) is 0 Å². The standard InChI is InChI=1S/C20H25FN4O2.ClH/c21-17-6-4-15(5-7-17)19(26)16-8-11-23(12-9-16)13-14-25-20(27)24-10-2-1-3-18(24)22-25;/h4-7,16H,1-3,8-14H2;1H. The molecule has 1 saturated heterocycles. The van der Waals surface area contributed by atoms with Crippen LogP contribution in [-0.4, -0.2) is 44.7 Å². The largest absolute Gasteiger partial charge is 0.345 e. The molecule has 6 nitrogen and oxygen atoms in total. The molecule has 1 aromatic carbocycles. The molecule has 0 spiro atoms. The first kappa shape index (κ1) is 20.7. The highest BCUT2D eigenvalue weighted by Gasteiger charge is 2.26. The van der Waals surface area contributed by atoms with Gasteiger partial charge < -0.3 is 4.90 Å². The number of hydrogen-bond donors (Lipinski definition) is 0. The van der Waals surface area contributed by atoms with Crippen LogP contribution in [0.1, 0.15) is 41.9 Å². The lowest BCUT2D eigenvalue weighted by molar-refractivity contribution is 0.0836. The van der Waals surface area contributed by atoms with Gasteiger partial charge in [-0.3, -0.25) is 9.36 Å².